The third-order valence-corrected chi connectivity index (χ3v) is 11.5. The number of ether oxygens (including phenoxy) is 1. The number of aromatic nitrogens is 5. The van der Waals surface area contributed by atoms with Crippen LogP contribution >= 0.6 is 0 Å². The molecule has 3 fully saturated rings. The lowest BCUT2D eigenvalue weighted by Gasteiger charge is -2.40. The number of piperidine rings is 2. The van der Waals surface area contributed by atoms with Crippen molar-refractivity contribution in [2.75, 3.05) is 79.4 Å². The summed E-state index contributed by atoms with van der Waals surface area (Å²) >= 11 is 0. The Morgan fingerprint density at radius 1 is 0.857 bits per heavy atom. The molecule has 0 saturated carbocycles. The normalized spacial score (nSPS) is 19.3. The third-order valence-electron chi connectivity index (χ3n) is 11.5. The van der Waals surface area contributed by atoms with Gasteiger partial charge in [0.2, 0.25) is 17.7 Å². The minimum atomic E-state index is -0.746. The van der Waals surface area contributed by atoms with Crippen LogP contribution in [0.15, 0.2) is 71.9 Å². The van der Waals surface area contributed by atoms with Gasteiger partial charge in [0.05, 0.1) is 17.4 Å². The predicted octanol–water partition coefficient (Wildman–Crippen LogP) is 4.12. The Kier molecular flexibility index (Phi) is 9.67. The van der Waals surface area contributed by atoms with Crippen molar-refractivity contribution in [2.24, 2.45) is 5.92 Å². The van der Waals surface area contributed by atoms with Crippen molar-refractivity contribution in [2.45, 2.75) is 38.6 Å². The maximum atomic E-state index is 12.9. The molecule has 3 aromatic heterocycles. The Bertz CT molecular complexity index is 2330. The zero-order valence-electron chi connectivity index (χ0n) is 31.4. The number of hydrogen-bond donors (Lipinski definition) is 3. The molecule has 0 bridgehead atoms. The molecule has 4 aliphatic rings. The Labute approximate surface area is 324 Å². The van der Waals surface area contributed by atoms with E-state index in [4.69, 9.17) is 9.72 Å². The number of carbonyl (C=O) groups is 2. The number of fused-ring (bicyclic) bond motifs is 2. The summed E-state index contributed by atoms with van der Waals surface area (Å²) in [5.74, 6) is 1.06. The quantitative estimate of drug-likeness (QED) is 0.194. The van der Waals surface area contributed by atoms with Gasteiger partial charge in [0.25, 0.3) is 11.5 Å². The van der Waals surface area contributed by atoms with Gasteiger partial charge in [-0.3, -0.25) is 24.6 Å². The molecule has 1 atom stereocenters. The van der Waals surface area contributed by atoms with Crippen molar-refractivity contribution in [3.8, 4) is 17.0 Å². The Hall–Kier alpha value is -6.09. The van der Waals surface area contributed by atoms with E-state index in [0.29, 0.717) is 24.4 Å². The smallest absolute Gasteiger partial charge is 0.269 e. The van der Waals surface area contributed by atoms with Crippen molar-refractivity contribution < 1.29 is 14.3 Å². The summed E-state index contributed by atoms with van der Waals surface area (Å²) in [6, 6.07) is 15.6. The number of nitrogens with one attached hydrogen (secondary N) is 3. The number of rotatable bonds is 8. The number of pyridine rings is 1. The first kappa shape index (κ1) is 35.6. The fourth-order valence-corrected chi connectivity index (χ4v) is 8.31. The average molecular weight is 756 g/mol. The van der Waals surface area contributed by atoms with E-state index in [1.165, 1.54) is 10.4 Å². The van der Waals surface area contributed by atoms with E-state index in [2.05, 4.69) is 89.0 Å². The molecule has 1 unspecified atom stereocenters. The summed E-state index contributed by atoms with van der Waals surface area (Å²) in [7, 11) is 0. The average Bonchev–Trinajstić information content (AvgIpc) is 3.22. The fourth-order valence-electron chi connectivity index (χ4n) is 8.31. The number of piperazine rings is 1. The molecule has 0 radical (unpaired) electrons. The van der Waals surface area contributed by atoms with E-state index in [1.54, 1.807) is 12.3 Å². The van der Waals surface area contributed by atoms with E-state index in [-0.39, 0.29) is 24.3 Å². The largest absolute Gasteiger partial charge is 0.474 e. The number of carbonyl (C=O) groups excluding carboxylic acids is 2. The van der Waals surface area contributed by atoms with Gasteiger partial charge in [-0.1, -0.05) is 12.1 Å². The third kappa shape index (κ3) is 7.33. The van der Waals surface area contributed by atoms with Gasteiger partial charge in [-0.15, -0.1) is 0 Å². The van der Waals surface area contributed by atoms with Gasteiger partial charge in [-0.25, -0.2) is 19.6 Å². The van der Waals surface area contributed by atoms with Crippen molar-refractivity contribution in [1.29, 1.82) is 0 Å². The number of imide groups is 1. The van der Waals surface area contributed by atoms with Crippen LogP contribution in [0, 0.1) is 12.8 Å². The Balaban J connectivity index is 0.756. The predicted molar refractivity (Wildman–Crippen MR) is 215 cm³/mol. The topological polar surface area (TPSA) is 163 Å². The van der Waals surface area contributed by atoms with Crippen LogP contribution in [0.1, 0.15) is 37.3 Å². The Morgan fingerprint density at radius 3 is 2.45 bits per heavy atom. The van der Waals surface area contributed by atoms with E-state index in [1.807, 2.05) is 18.5 Å². The highest BCUT2D eigenvalue weighted by Gasteiger charge is 2.30. The summed E-state index contributed by atoms with van der Waals surface area (Å²) in [4.78, 5) is 57.8. The molecule has 4 aliphatic heterocycles. The van der Waals surface area contributed by atoms with Crippen molar-refractivity contribution >= 4 is 51.4 Å². The van der Waals surface area contributed by atoms with E-state index >= 15 is 0 Å². The molecule has 3 N–H and O–H groups in total. The molecule has 15 heteroatoms. The molecule has 56 heavy (non-hydrogen) atoms. The molecule has 288 valence electrons. The van der Waals surface area contributed by atoms with Gasteiger partial charge in [0.15, 0.2) is 0 Å². The van der Waals surface area contributed by atoms with Crippen LogP contribution in [0.25, 0.3) is 22.0 Å². The highest BCUT2D eigenvalue weighted by atomic mass is 16.5. The number of amides is 2. The van der Waals surface area contributed by atoms with Crippen LogP contribution in [0.5, 0.6) is 5.88 Å². The van der Waals surface area contributed by atoms with E-state index < -0.39 is 11.9 Å². The summed E-state index contributed by atoms with van der Waals surface area (Å²) in [6.07, 6.45) is 8.16. The second-order valence-corrected chi connectivity index (χ2v) is 15.1. The fraction of sp³-hybridized carbons (Fsp3) is 0.390. The first-order valence-corrected chi connectivity index (χ1v) is 19.5. The standard InChI is InChI=1S/C41H45N11O4/c1-26-33(24-43-40-38(26)42-12-19-56-40)28-2-3-29-22-44-41(47-34(29)20-28)46-30-4-6-31(7-5-30)50-13-10-27(11-14-50)25-49-15-17-51(18-16-49)32-21-37(54)52(45-23-32)35-8-9-36(53)48-39(35)55/h2-7,20-24,27,35,42H,8-19,25H2,1H3,(H,44,46,47)(H,48,53,55). The first-order valence-electron chi connectivity index (χ1n) is 19.5. The molecule has 3 saturated heterocycles. The van der Waals surface area contributed by atoms with Crippen LogP contribution in [-0.2, 0) is 9.59 Å². The van der Waals surface area contributed by atoms with Crippen LogP contribution in [-0.4, -0.2) is 100 Å². The van der Waals surface area contributed by atoms with E-state index in [9.17, 15) is 14.4 Å². The van der Waals surface area contributed by atoms with E-state index in [0.717, 1.165) is 110 Å². The van der Waals surface area contributed by atoms with Gasteiger partial charge in [0, 0.05) is 99.6 Å². The zero-order chi connectivity index (χ0) is 38.2. The van der Waals surface area contributed by atoms with Gasteiger partial charge in [-0.2, -0.15) is 5.10 Å². The maximum absolute atomic E-state index is 12.9. The number of benzene rings is 2. The summed E-state index contributed by atoms with van der Waals surface area (Å²) in [6.45, 7) is 10.1. The molecule has 9 rings (SSSR count). The molecule has 7 heterocycles. The molecule has 2 aromatic carbocycles. The second-order valence-electron chi connectivity index (χ2n) is 15.1. The number of anilines is 5. The second kappa shape index (κ2) is 15.2. The number of nitrogens with zero attached hydrogens (tertiary/aromatic N) is 8. The lowest BCUT2D eigenvalue weighted by molar-refractivity contribution is -0.136. The minimum Gasteiger partial charge on any atom is -0.474 e. The van der Waals surface area contributed by atoms with Gasteiger partial charge < -0.3 is 25.2 Å². The molecular weight excluding hydrogens is 711 g/mol. The lowest BCUT2D eigenvalue weighted by atomic mass is 9.95. The van der Waals surface area contributed by atoms with Crippen LogP contribution in [0.2, 0.25) is 0 Å². The van der Waals surface area contributed by atoms with Crippen LogP contribution < -0.4 is 36.0 Å². The summed E-state index contributed by atoms with van der Waals surface area (Å²) in [5, 5.41) is 14.4. The van der Waals surface area contributed by atoms with Gasteiger partial charge >= 0.3 is 0 Å². The lowest BCUT2D eigenvalue weighted by Crippen LogP contribution is -2.49. The molecule has 15 nitrogen and oxygen atoms in total. The van der Waals surface area contributed by atoms with Crippen molar-refractivity contribution in [1.82, 2.24) is 34.9 Å². The van der Waals surface area contributed by atoms with Crippen molar-refractivity contribution in [3.05, 3.63) is 83.0 Å². The molecule has 5 aromatic rings. The molecule has 0 aliphatic carbocycles. The first-order chi connectivity index (χ1) is 27.3. The highest BCUT2D eigenvalue weighted by molar-refractivity contribution is 5.99. The molecular formula is C41H45N11O4. The van der Waals surface area contributed by atoms with Gasteiger partial charge in [0.1, 0.15) is 18.3 Å². The maximum Gasteiger partial charge on any atom is 0.269 e. The molecule has 0 spiro atoms. The SMILES string of the molecule is Cc1c(-c2ccc3cnc(Nc4ccc(N5CCC(CN6CCN(c7cnn(C8CCC(=O)NC8=O)c(=O)c7)CC6)CC5)cc4)nc3c2)cnc2c1NCCO2. The summed E-state index contributed by atoms with van der Waals surface area (Å²) in [5.41, 5.74) is 7.60. The summed E-state index contributed by atoms with van der Waals surface area (Å²) < 4.78 is 6.91. The molecule has 2 amide bonds. The van der Waals surface area contributed by atoms with Gasteiger partial charge in [-0.05, 0) is 73.6 Å². The van der Waals surface area contributed by atoms with Crippen molar-refractivity contribution in [3.63, 3.8) is 0 Å². The Morgan fingerprint density at radius 2 is 1.66 bits per heavy atom. The highest BCUT2D eigenvalue weighted by Crippen LogP contribution is 2.36. The minimum absolute atomic E-state index is 0.203. The van der Waals surface area contributed by atoms with Crippen LogP contribution in [0.3, 0.4) is 0 Å². The number of hydrogen-bond acceptors (Lipinski definition) is 13. The zero-order valence-corrected chi connectivity index (χ0v) is 31.4. The van der Waals surface area contributed by atoms with Crippen LogP contribution in [0.4, 0.5) is 28.7 Å². The monoisotopic (exact) mass is 755 g/mol.